The Kier molecular flexibility index (Phi) is 9.16. The summed E-state index contributed by atoms with van der Waals surface area (Å²) in [6.07, 6.45) is 7.17. The molecule has 3 aromatic rings. The van der Waals surface area contributed by atoms with E-state index in [1.807, 2.05) is 35.2 Å². The van der Waals surface area contributed by atoms with E-state index in [4.69, 9.17) is 4.74 Å². The molecule has 1 atom stereocenters. The first kappa shape index (κ1) is 31.2. The first-order valence-electron chi connectivity index (χ1n) is 13.9. The molecule has 4 rings (SSSR count). The van der Waals surface area contributed by atoms with Gasteiger partial charge < -0.3 is 25.4 Å². The van der Waals surface area contributed by atoms with Crippen molar-refractivity contribution in [2.45, 2.75) is 40.7 Å². The normalized spacial score (nSPS) is 16.8. The summed E-state index contributed by atoms with van der Waals surface area (Å²) in [5.74, 6) is -0.910. The van der Waals surface area contributed by atoms with E-state index < -0.39 is 11.7 Å². The Morgan fingerprint density at radius 1 is 1.14 bits per heavy atom. The van der Waals surface area contributed by atoms with Gasteiger partial charge in [-0.25, -0.2) is 4.39 Å². The lowest BCUT2D eigenvalue weighted by atomic mass is 9.67. The third kappa shape index (κ3) is 6.84. The van der Waals surface area contributed by atoms with Crippen LogP contribution in [0.5, 0.6) is 11.5 Å². The van der Waals surface area contributed by atoms with Crippen molar-refractivity contribution in [1.82, 2.24) is 10.3 Å². The molecule has 0 saturated heterocycles. The molecule has 0 spiro atoms. The Labute approximate surface area is 251 Å². The van der Waals surface area contributed by atoms with Crippen molar-refractivity contribution in [1.29, 1.82) is 0 Å². The number of hydrogen-bond acceptors (Lipinski definition) is 6. The highest BCUT2D eigenvalue weighted by atomic mass is 19.1. The number of anilines is 2. The van der Waals surface area contributed by atoms with Gasteiger partial charge in [-0.05, 0) is 60.4 Å². The number of carbonyl (C=O) groups excluding carboxylic acids is 2. The van der Waals surface area contributed by atoms with Gasteiger partial charge in [-0.3, -0.25) is 14.6 Å². The summed E-state index contributed by atoms with van der Waals surface area (Å²) < 4.78 is 20.5. The quantitative estimate of drug-likeness (QED) is 0.258. The van der Waals surface area contributed by atoms with Crippen LogP contribution in [0.4, 0.5) is 15.8 Å². The van der Waals surface area contributed by atoms with Crippen LogP contribution in [-0.2, 0) is 11.4 Å². The van der Waals surface area contributed by atoms with E-state index in [1.54, 1.807) is 12.1 Å². The van der Waals surface area contributed by atoms with Crippen LogP contribution in [0.2, 0.25) is 0 Å². The van der Waals surface area contributed by atoms with Gasteiger partial charge in [-0.2, -0.15) is 0 Å². The maximum absolute atomic E-state index is 14.9. The first-order chi connectivity index (χ1) is 20.4. The summed E-state index contributed by atoms with van der Waals surface area (Å²) in [7, 11) is 1.49. The molecule has 0 bridgehead atoms. The maximum atomic E-state index is 14.9. The number of aliphatic hydroxyl groups is 1. The van der Waals surface area contributed by atoms with Crippen LogP contribution >= 0.6 is 0 Å². The molecule has 2 aromatic carbocycles. The van der Waals surface area contributed by atoms with E-state index in [0.717, 1.165) is 28.7 Å². The zero-order valence-corrected chi connectivity index (χ0v) is 25.1. The molecule has 0 saturated carbocycles. The van der Waals surface area contributed by atoms with Crippen LogP contribution in [0.3, 0.4) is 0 Å². The molecule has 1 aromatic heterocycles. The van der Waals surface area contributed by atoms with Gasteiger partial charge in [0.15, 0.2) is 0 Å². The molecule has 2 heterocycles. The highest BCUT2D eigenvalue weighted by Crippen LogP contribution is 2.53. The van der Waals surface area contributed by atoms with Crippen molar-refractivity contribution in [2.75, 3.05) is 17.3 Å². The average Bonchev–Trinajstić information content (AvgIpc) is 3.24. The smallest absolute Gasteiger partial charge is 0.269 e. The topological polar surface area (TPSA) is 104 Å². The molecular formula is C34H37FN4O4. The standard InChI is InChI=1S/C34H37FN4O4/c1-22-34(5,33(2,3)4)20-25(39(22)24-10-7-9-23(17-24)21-40)11-8-12-31(41)38-29-14-13-26(18-28(29)35)43-27-15-16-37-30(19-27)32(42)36-6/h7-11,13-20,40H,1,12,21H2,2-6H3,(H,36,42)(H,38,41)/b11-8+. The second-order valence-electron chi connectivity index (χ2n) is 11.5. The number of nitrogens with one attached hydrogen (secondary N) is 2. The lowest BCUT2D eigenvalue weighted by molar-refractivity contribution is -0.115. The zero-order valence-electron chi connectivity index (χ0n) is 25.1. The summed E-state index contributed by atoms with van der Waals surface area (Å²) in [6.45, 7) is 12.9. The number of pyridine rings is 1. The van der Waals surface area contributed by atoms with Gasteiger partial charge in [0.2, 0.25) is 5.91 Å². The van der Waals surface area contributed by atoms with Gasteiger partial charge in [0.1, 0.15) is 23.0 Å². The molecule has 43 heavy (non-hydrogen) atoms. The van der Waals surface area contributed by atoms with Crippen molar-refractivity contribution in [3.05, 3.63) is 114 Å². The Morgan fingerprint density at radius 2 is 1.88 bits per heavy atom. The number of benzene rings is 2. The maximum Gasteiger partial charge on any atom is 0.269 e. The second-order valence-corrected chi connectivity index (χ2v) is 11.5. The summed E-state index contributed by atoms with van der Waals surface area (Å²) in [6, 6.07) is 14.7. The van der Waals surface area contributed by atoms with Crippen LogP contribution < -0.4 is 20.3 Å². The fourth-order valence-electron chi connectivity index (χ4n) is 4.71. The number of aliphatic hydroxyl groups excluding tert-OH is 1. The minimum atomic E-state index is -0.666. The van der Waals surface area contributed by atoms with Gasteiger partial charge in [-0.1, -0.05) is 45.6 Å². The fraction of sp³-hybridized carbons (Fsp3) is 0.265. The largest absolute Gasteiger partial charge is 0.457 e. The summed E-state index contributed by atoms with van der Waals surface area (Å²) >= 11 is 0. The monoisotopic (exact) mass is 584 g/mol. The van der Waals surface area contributed by atoms with Crippen LogP contribution in [-0.4, -0.2) is 29.0 Å². The highest BCUT2D eigenvalue weighted by molar-refractivity contribution is 5.92. The molecule has 0 aliphatic carbocycles. The predicted octanol–water partition coefficient (Wildman–Crippen LogP) is 6.72. The summed E-state index contributed by atoms with van der Waals surface area (Å²) in [4.78, 5) is 30.6. The number of hydrogen-bond donors (Lipinski definition) is 3. The molecule has 0 fully saturated rings. The number of halogens is 1. The molecule has 3 N–H and O–H groups in total. The molecule has 1 aliphatic heterocycles. The Balaban J connectivity index is 1.46. The van der Waals surface area contributed by atoms with E-state index in [2.05, 4.69) is 56.0 Å². The van der Waals surface area contributed by atoms with Crippen molar-refractivity contribution in [3.8, 4) is 11.5 Å². The second kappa shape index (κ2) is 12.6. The van der Waals surface area contributed by atoms with Gasteiger partial charge >= 0.3 is 0 Å². The lowest BCUT2D eigenvalue weighted by Gasteiger charge is -2.40. The van der Waals surface area contributed by atoms with E-state index in [-0.39, 0.29) is 46.9 Å². The average molecular weight is 585 g/mol. The molecule has 2 amide bonds. The molecule has 8 nitrogen and oxygen atoms in total. The molecular weight excluding hydrogens is 547 g/mol. The van der Waals surface area contributed by atoms with Crippen LogP contribution in [0.25, 0.3) is 0 Å². The Morgan fingerprint density at radius 3 is 2.56 bits per heavy atom. The van der Waals surface area contributed by atoms with E-state index >= 15 is 0 Å². The number of allylic oxidation sites excluding steroid dienone is 2. The molecule has 1 aliphatic rings. The van der Waals surface area contributed by atoms with Gasteiger partial charge in [0.25, 0.3) is 5.91 Å². The Bertz CT molecular complexity index is 1610. The third-order valence-electron chi connectivity index (χ3n) is 7.71. The fourth-order valence-corrected chi connectivity index (χ4v) is 4.71. The molecule has 224 valence electrons. The number of carbonyl (C=O) groups is 2. The summed E-state index contributed by atoms with van der Waals surface area (Å²) in [5.41, 5.74) is 3.08. The number of nitrogens with zero attached hydrogens (tertiary/aromatic N) is 2. The summed E-state index contributed by atoms with van der Waals surface area (Å²) in [5, 5.41) is 14.8. The SMILES string of the molecule is C=C1N(c2cccc(CO)c2)C(/C=C/CC(=O)Nc2ccc(Oc3ccnc(C(=O)NC)c3)cc2F)=CC1(C)C(C)(C)C. The minimum Gasteiger partial charge on any atom is -0.457 e. The highest BCUT2D eigenvalue weighted by Gasteiger charge is 2.45. The molecule has 0 radical (unpaired) electrons. The van der Waals surface area contributed by atoms with Crippen LogP contribution in [0, 0.1) is 16.6 Å². The van der Waals surface area contributed by atoms with Crippen molar-refractivity contribution in [2.24, 2.45) is 10.8 Å². The number of amides is 2. The predicted molar refractivity (Wildman–Crippen MR) is 166 cm³/mol. The Hall–Kier alpha value is -4.76. The van der Waals surface area contributed by atoms with Crippen molar-refractivity contribution < 1.29 is 23.8 Å². The van der Waals surface area contributed by atoms with Gasteiger partial charge in [0, 0.05) is 54.3 Å². The van der Waals surface area contributed by atoms with Gasteiger partial charge in [-0.15, -0.1) is 0 Å². The molecule has 1 unspecified atom stereocenters. The van der Waals surface area contributed by atoms with E-state index in [9.17, 15) is 19.1 Å². The third-order valence-corrected chi connectivity index (χ3v) is 7.71. The van der Waals surface area contributed by atoms with Crippen molar-refractivity contribution >= 4 is 23.2 Å². The molecule has 9 heteroatoms. The van der Waals surface area contributed by atoms with Crippen molar-refractivity contribution in [3.63, 3.8) is 0 Å². The minimum absolute atomic E-state index is 0.0115. The van der Waals surface area contributed by atoms with E-state index in [0.29, 0.717) is 5.75 Å². The number of aromatic nitrogens is 1. The number of ether oxygens (including phenoxy) is 1. The van der Waals surface area contributed by atoms with Crippen LogP contribution in [0.1, 0.15) is 50.2 Å². The van der Waals surface area contributed by atoms with Crippen LogP contribution in [0.15, 0.2) is 97.0 Å². The zero-order chi connectivity index (χ0) is 31.4. The first-order valence-corrected chi connectivity index (χ1v) is 13.9. The van der Waals surface area contributed by atoms with Gasteiger partial charge in [0.05, 0.1) is 12.3 Å². The number of rotatable bonds is 9. The lowest BCUT2D eigenvalue weighted by Crippen LogP contribution is -2.34. The van der Waals surface area contributed by atoms with E-state index in [1.165, 1.54) is 31.4 Å².